The standard InChI is InChI=1S/C22H32N2O3.ClH/c1-15(22(26)27)14-16-2-8-20(9-3-16)24-21(25)19-6-4-17(5-7-19)18-10-12-23-13-11-18;/h4-7,15-16,18,20,23H,2-3,8-14H2,1H3,(H,24,25)(H,26,27);1H/t15?,16-,20-;. The molecule has 3 rings (SSSR count). The van der Waals surface area contributed by atoms with Crippen LogP contribution in [-0.4, -0.2) is 36.1 Å². The lowest BCUT2D eigenvalue weighted by atomic mass is 9.81. The molecule has 3 N–H and O–H groups in total. The molecule has 1 aliphatic heterocycles. The van der Waals surface area contributed by atoms with Gasteiger partial charge in [-0.25, -0.2) is 0 Å². The maximum Gasteiger partial charge on any atom is 0.306 e. The molecule has 1 atom stereocenters. The molecule has 2 fully saturated rings. The molecule has 1 unspecified atom stereocenters. The molecule has 1 heterocycles. The maximum absolute atomic E-state index is 12.6. The molecule has 1 saturated carbocycles. The molecule has 0 aromatic heterocycles. The van der Waals surface area contributed by atoms with Gasteiger partial charge in [0.05, 0.1) is 5.92 Å². The maximum atomic E-state index is 12.6. The molecule has 156 valence electrons. The first kappa shape index (κ1) is 22.7. The SMILES string of the molecule is CC(C[C@H]1CC[C@H](NC(=O)c2ccc(C3CCNCC3)cc2)CC1)C(=O)O.Cl. The number of hydrogen-bond acceptors (Lipinski definition) is 3. The number of hydrogen-bond donors (Lipinski definition) is 3. The van der Waals surface area contributed by atoms with Crippen LogP contribution in [0.15, 0.2) is 24.3 Å². The zero-order chi connectivity index (χ0) is 19.2. The first-order valence-electron chi connectivity index (χ1n) is 10.4. The van der Waals surface area contributed by atoms with Crippen molar-refractivity contribution in [2.75, 3.05) is 13.1 Å². The molecule has 0 radical (unpaired) electrons. The van der Waals surface area contributed by atoms with Gasteiger partial charge in [0.25, 0.3) is 5.91 Å². The van der Waals surface area contributed by atoms with Crippen molar-refractivity contribution in [1.29, 1.82) is 0 Å². The first-order valence-corrected chi connectivity index (χ1v) is 10.4. The zero-order valence-corrected chi connectivity index (χ0v) is 17.5. The van der Waals surface area contributed by atoms with E-state index in [0.717, 1.165) is 63.6 Å². The summed E-state index contributed by atoms with van der Waals surface area (Å²) < 4.78 is 0. The summed E-state index contributed by atoms with van der Waals surface area (Å²) in [6.45, 7) is 3.92. The summed E-state index contributed by atoms with van der Waals surface area (Å²) in [5, 5.41) is 15.6. The highest BCUT2D eigenvalue weighted by Crippen LogP contribution is 2.30. The Labute approximate surface area is 174 Å². The molecule has 28 heavy (non-hydrogen) atoms. The Morgan fingerprint density at radius 3 is 2.25 bits per heavy atom. The fourth-order valence-corrected chi connectivity index (χ4v) is 4.47. The number of aliphatic carboxylic acids is 1. The number of rotatable bonds is 6. The van der Waals surface area contributed by atoms with Crippen molar-refractivity contribution in [3.05, 3.63) is 35.4 Å². The monoisotopic (exact) mass is 408 g/mol. The van der Waals surface area contributed by atoms with Crippen LogP contribution in [0.25, 0.3) is 0 Å². The van der Waals surface area contributed by atoms with Gasteiger partial charge in [-0.3, -0.25) is 9.59 Å². The van der Waals surface area contributed by atoms with E-state index in [1.54, 1.807) is 6.92 Å². The van der Waals surface area contributed by atoms with Gasteiger partial charge in [-0.1, -0.05) is 19.1 Å². The molecule has 1 saturated heterocycles. The van der Waals surface area contributed by atoms with Crippen molar-refractivity contribution >= 4 is 24.3 Å². The smallest absolute Gasteiger partial charge is 0.306 e. The second-order valence-corrected chi connectivity index (χ2v) is 8.31. The van der Waals surface area contributed by atoms with Gasteiger partial charge in [-0.15, -0.1) is 12.4 Å². The van der Waals surface area contributed by atoms with Gasteiger partial charge >= 0.3 is 5.97 Å². The Morgan fingerprint density at radius 1 is 1.07 bits per heavy atom. The van der Waals surface area contributed by atoms with Crippen molar-refractivity contribution in [3.8, 4) is 0 Å². The molecule has 1 amide bonds. The van der Waals surface area contributed by atoms with Gasteiger partial charge < -0.3 is 15.7 Å². The van der Waals surface area contributed by atoms with E-state index < -0.39 is 5.97 Å². The van der Waals surface area contributed by atoms with Crippen LogP contribution in [0.2, 0.25) is 0 Å². The molecule has 0 spiro atoms. The number of carboxylic acid groups (broad SMARTS) is 1. The highest BCUT2D eigenvalue weighted by molar-refractivity contribution is 5.94. The summed E-state index contributed by atoms with van der Waals surface area (Å²) in [5.41, 5.74) is 2.07. The van der Waals surface area contributed by atoms with E-state index in [1.165, 1.54) is 5.56 Å². The van der Waals surface area contributed by atoms with Crippen LogP contribution in [0.1, 0.15) is 73.7 Å². The highest BCUT2D eigenvalue weighted by Gasteiger charge is 2.25. The molecular weight excluding hydrogens is 376 g/mol. The van der Waals surface area contributed by atoms with Gasteiger partial charge in [-0.2, -0.15) is 0 Å². The zero-order valence-electron chi connectivity index (χ0n) is 16.7. The Bertz CT molecular complexity index is 636. The Morgan fingerprint density at radius 2 is 1.68 bits per heavy atom. The average Bonchev–Trinajstić information content (AvgIpc) is 2.70. The van der Waals surface area contributed by atoms with Crippen molar-refractivity contribution in [2.45, 2.75) is 63.8 Å². The van der Waals surface area contributed by atoms with E-state index in [1.807, 2.05) is 12.1 Å². The third kappa shape index (κ3) is 6.21. The van der Waals surface area contributed by atoms with Gasteiger partial charge in [0.15, 0.2) is 0 Å². The lowest BCUT2D eigenvalue weighted by Crippen LogP contribution is -2.38. The van der Waals surface area contributed by atoms with Gasteiger partial charge in [0, 0.05) is 11.6 Å². The van der Waals surface area contributed by atoms with Gasteiger partial charge in [0.2, 0.25) is 0 Å². The Kier molecular flexibility index (Phi) is 8.77. The topological polar surface area (TPSA) is 78.4 Å². The first-order chi connectivity index (χ1) is 13.0. The Balaban J connectivity index is 0.00000280. The van der Waals surface area contributed by atoms with E-state index in [9.17, 15) is 9.59 Å². The van der Waals surface area contributed by atoms with E-state index >= 15 is 0 Å². The van der Waals surface area contributed by atoms with Crippen LogP contribution in [0.3, 0.4) is 0 Å². The van der Waals surface area contributed by atoms with Crippen LogP contribution < -0.4 is 10.6 Å². The molecule has 6 heteroatoms. The van der Waals surface area contributed by atoms with E-state index in [-0.39, 0.29) is 30.3 Å². The summed E-state index contributed by atoms with van der Waals surface area (Å²) in [7, 11) is 0. The number of nitrogens with one attached hydrogen (secondary N) is 2. The third-order valence-electron chi connectivity index (χ3n) is 6.27. The minimum absolute atomic E-state index is 0. The summed E-state index contributed by atoms with van der Waals surface area (Å²) in [5.74, 6) is 0.0903. The van der Waals surface area contributed by atoms with Crippen molar-refractivity contribution < 1.29 is 14.7 Å². The number of carbonyl (C=O) groups is 2. The van der Waals surface area contributed by atoms with Crippen LogP contribution in [-0.2, 0) is 4.79 Å². The Hall–Kier alpha value is -1.59. The minimum atomic E-state index is -0.710. The van der Waals surface area contributed by atoms with E-state index in [2.05, 4.69) is 22.8 Å². The summed E-state index contributed by atoms with van der Waals surface area (Å²) in [6, 6.07) is 8.32. The lowest BCUT2D eigenvalue weighted by molar-refractivity contribution is -0.141. The molecule has 1 aromatic rings. The molecule has 0 bridgehead atoms. The lowest BCUT2D eigenvalue weighted by Gasteiger charge is -2.30. The van der Waals surface area contributed by atoms with Crippen LogP contribution in [0.4, 0.5) is 0 Å². The highest BCUT2D eigenvalue weighted by atomic mass is 35.5. The number of carboxylic acids is 1. The molecular formula is C22H33ClN2O3. The van der Waals surface area contributed by atoms with Crippen molar-refractivity contribution in [2.24, 2.45) is 11.8 Å². The molecule has 1 aliphatic carbocycles. The number of halogens is 1. The fraction of sp³-hybridized carbons (Fsp3) is 0.636. The summed E-state index contributed by atoms with van der Waals surface area (Å²) >= 11 is 0. The van der Waals surface area contributed by atoms with Crippen LogP contribution in [0, 0.1) is 11.8 Å². The fourth-order valence-electron chi connectivity index (χ4n) is 4.47. The number of benzene rings is 1. The molecule has 2 aliphatic rings. The normalized spacial score (nSPS) is 24.0. The quantitative estimate of drug-likeness (QED) is 0.665. The van der Waals surface area contributed by atoms with Crippen molar-refractivity contribution in [3.63, 3.8) is 0 Å². The van der Waals surface area contributed by atoms with E-state index in [4.69, 9.17) is 5.11 Å². The van der Waals surface area contributed by atoms with Gasteiger partial charge in [-0.05, 0) is 87.6 Å². The number of carbonyl (C=O) groups excluding carboxylic acids is 1. The number of amides is 1. The average molecular weight is 409 g/mol. The van der Waals surface area contributed by atoms with E-state index in [0.29, 0.717) is 11.8 Å². The predicted octanol–water partition coefficient (Wildman–Crippen LogP) is 3.97. The predicted molar refractivity (Wildman–Crippen MR) is 113 cm³/mol. The number of piperidine rings is 1. The summed E-state index contributed by atoms with van der Waals surface area (Å²) in [6.07, 6.45) is 6.94. The second-order valence-electron chi connectivity index (χ2n) is 8.31. The summed E-state index contributed by atoms with van der Waals surface area (Å²) in [4.78, 5) is 23.6. The largest absolute Gasteiger partial charge is 0.481 e. The third-order valence-corrected chi connectivity index (χ3v) is 6.27. The molecule has 1 aromatic carbocycles. The second kappa shape index (κ2) is 10.8. The van der Waals surface area contributed by atoms with Crippen molar-refractivity contribution in [1.82, 2.24) is 10.6 Å². The van der Waals surface area contributed by atoms with Gasteiger partial charge in [0.1, 0.15) is 0 Å². The van der Waals surface area contributed by atoms with Crippen LogP contribution >= 0.6 is 12.4 Å². The minimum Gasteiger partial charge on any atom is -0.481 e. The van der Waals surface area contributed by atoms with Crippen LogP contribution in [0.5, 0.6) is 0 Å². The molecule has 5 nitrogen and oxygen atoms in total.